The average Bonchev–Trinajstić information content (AvgIpc) is 2.50. The third-order valence-corrected chi connectivity index (χ3v) is 3.01. The molecule has 1 heterocycles. The van der Waals surface area contributed by atoms with Crippen LogP contribution in [-0.4, -0.2) is 34.9 Å². The van der Waals surface area contributed by atoms with Crippen LogP contribution in [0, 0.1) is 11.8 Å². The van der Waals surface area contributed by atoms with Crippen molar-refractivity contribution in [3.8, 4) is 0 Å². The van der Waals surface area contributed by atoms with E-state index in [-0.39, 0.29) is 6.61 Å². The number of carbonyl (C=O) groups is 2. The third kappa shape index (κ3) is 2.95. The summed E-state index contributed by atoms with van der Waals surface area (Å²) in [7, 11) is 0. The molecule has 1 aliphatic rings. The Bertz CT molecular complexity index is 263. The summed E-state index contributed by atoms with van der Waals surface area (Å²) in [5, 5.41) is 17.6. The first-order valence-electron chi connectivity index (χ1n) is 5.62. The molecule has 1 fully saturated rings. The highest BCUT2D eigenvalue weighted by atomic mass is 16.6. The lowest BCUT2D eigenvalue weighted by molar-refractivity contribution is -0.144. The number of carboxylic acids is 1. The van der Waals surface area contributed by atoms with Gasteiger partial charge in [-0.25, -0.2) is 0 Å². The number of unbranched alkanes of at least 4 members (excludes halogenated alkanes) is 2. The summed E-state index contributed by atoms with van der Waals surface area (Å²) in [6.45, 7) is 1.73. The summed E-state index contributed by atoms with van der Waals surface area (Å²) in [6.07, 6.45) is 2.36. The van der Waals surface area contributed by atoms with E-state index in [0.717, 1.165) is 12.8 Å². The normalized spacial score (nSPS) is 29.1. The van der Waals surface area contributed by atoms with Crippen LogP contribution < -0.4 is 0 Å². The Morgan fingerprint density at radius 3 is 2.62 bits per heavy atom. The smallest absolute Gasteiger partial charge is 0.311 e. The number of aliphatic hydroxyl groups is 1. The van der Waals surface area contributed by atoms with Crippen molar-refractivity contribution in [3.63, 3.8) is 0 Å². The van der Waals surface area contributed by atoms with Gasteiger partial charge in [-0.1, -0.05) is 13.3 Å². The Morgan fingerprint density at radius 2 is 2.06 bits per heavy atom. The molecule has 92 valence electrons. The number of carboxylic acid groups (broad SMARTS) is 1. The molecular weight excluding hydrogens is 212 g/mol. The van der Waals surface area contributed by atoms with Gasteiger partial charge < -0.3 is 14.9 Å². The fourth-order valence-corrected chi connectivity index (χ4v) is 2.04. The lowest BCUT2D eigenvalue weighted by atomic mass is 9.89. The highest BCUT2D eigenvalue weighted by Gasteiger charge is 2.45. The maximum Gasteiger partial charge on any atom is 0.311 e. The number of carbonyl (C=O) groups excluding carboxylic acids is 1. The summed E-state index contributed by atoms with van der Waals surface area (Å²) >= 11 is 0. The highest BCUT2D eigenvalue weighted by Crippen LogP contribution is 2.31. The van der Waals surface area contributed by atoms with Crippen molar-refractivity contribution in [1.29, 1.82) is 0 Å². The van der Waals surface area contributed by atoms with Crippen LogP contribution in [-0.2, 0) is 14.3 Å². The predicted molar refractivity (Wildman–Crippen MR) is 55.7 cm³/mol. The van der Waals surface area contributed by atoms with E-state index in [0.29, 0.717) is 12.8 Å². The molecule has 5 heteroatoms. The molecule has 0 aromatic rings. The Labute approximate surface area is 94.4 Å². The molecule has 0 aliphatic carbocycles. The summed E-state index contributed by atoms with van der Waals surface area (Å²) in [5.41, 5.74) is 0. The van der Waals surface area contributed by atoms with Crippen LogP contribution in [0.5, 0.6) is 0 Å². The predicted octanol–water partition coefficient (Wildman–Crippen LogP) is 0.801. The second-order valence-corrected chi connectivity index (χ2v) is 4.20. The van der Waals surface area contributed by atoms with Crippen molar-refractivity contribution in [3.05, 3.63) is 0 Å². The van der Waals surface area contributed by atoms with Crippen molar-refractivity contribution in [2.24, 2.45) is 11.8 Å². The SMILES string of the molecule is C[C@H]1C(=O)O[C@H](CCCCCO)[C@@H]1C(=O)O. The number of ether oxygens (including phenoxy) is 1. The maximum atomic E-state index is 11.3. The Morgan fingerprint density at radius 1 is 1.38 bits per heavy atom. The van der Waals surface area contributed by atoms with Gasteiger partial charge in [-0.2, -0.15) is 0 Å². The first kappa shape index (κ1) is 13.0. The minimum Gasteiger partial charge on any atom is -0.481 e. The summed E-state index contributed by atoms with van der Waals surface area (Å²) < 4.78 is 5.05. The van der Waals surface area contributed by atoms with Gasteiger partial charge in [0.15, 0.2) is 0 Å². The number of hydrogen-bond donors (Lipinski definition) is 2. The first-order valence-corrected chi connectivity index (χ1v) is 5.62. The van der Waals surface area contributed by atoms with Crippen molar-refractivity contribution in [1.82, 2.24) is 0 Å². The molecule has 1 saturated heterocycles. The van der Waals surface area contributed by atoms with Crippen LogP contribution in [0.15, 0.2) is 0 Å². The number of esters is 1. The molecule has 2 N–H and O–H groups in total. The third-order valence-electron chi connectivity index (χ3n) is 3.01. The highest BCUT2D eigenvalue weighted by molar-refractivity contribution is 5.84. The maximum absolute atomic E-state index is 11.3. The largest absolute Gasteiger partial charge is 0.481 e. The Balaban J connectivity index is 2.45. The van der Waals surface area contributed by atoms with E-state index in [4.69, 9.17) is 14.9 Å². The van der Waals surface area contributed by atoms with E-state index in [9.17, 15) is 9.59 Å². The molecule has 1 aliphatic heterocycles. The Kier molecular flexibility index (Phi) is 4.73. The van der Waals surface area contributed by atoms with Gasteiger partial charge in [0.05, 0.1) is 5.92 Å². The molecule has 3 atom stereocenters. The molecule has 5 nitrogen and oxygen atoms in total. The topological polar surface area (TPSA) is 83.8 Å². The van der Waals surface area contributed by atoms with Crippen LogP contribution >= 0.6 is 0 Å². The number of rotatable bonds is 6. The molecule has 0 bridgehead atoms. The minimum absolute atomic E-state index is 0.142. The van der Waals surface area contributed by atoms with Crippen molar-refractivity contribution in [2.45, 2.75) is 38.7 Å². The van der Waals surface area contributed by atoms with E-state index < -0.39 is 29.9 Å². The van der Waals surface area contributed by atoms with E-state index in [1.165, 1.54) is 0 Å². The second kappa shape index (κ2) is 5.84. The van der Waals surface area contributed by atoms with Gasteiger partial charge in [0.25, 0.3) is 0 Å². The number of cyclic esters (lactones) is 1. The van der Waals surface area contributed by atoms with E-state index >= 15 is 0 Å². The van der Waals surface area contributed by atoms with Crippen molar-refractivity contribution >= 4 is 11.9 Å². The molecule has 1 rings (SSSR count). The molecule has 0 saturated carbocycles. The zero-order valence-corrected chi connectivity index (χ0v) is 9.39. The molecule has 0 unspecified atom stereocenters. The lowest BCUT2D eigenvalue weighted by Gasteiger charge is -2.14. The van der Waals surface area contributed by atoms with Gasteiger partial charge in [-0.3, -0.25) is 9.59 Å². The minimum atomic E-state index is -0.967. The zero-order chi connectivity index (χ0) is 12.1. The van der Waals surface area contributed by atoms with Crippen molar-refractivity contribution in [2.75, 3.05) is 6.61 Å². The van der Waals surface area contributed by atoms with E-state index in [1.54, 1.807) is 6.92 Å². The summed E-state index contributed by atoms with van der Waals surface area (Å²) in [5.74, 6) is -2.66. The number of aliphatic hydroxyl groups excluding tert-OH is 1. The van der Waals surface area contributed by atoms with Gasteiger partial charge in [-0.15, -0.1) is 0 Å². The van der Waals surface area contributed by atoms with Crippen LogP contribution in [0.3, 0.4) is 0 Å². The lowest BCUT2D eigenvalue weighted by Crippen LogP contribution is -2.27. The Hall–Kier alpha value is -1.10. The quantitative estimate of drug-likeness (QED) is 0.521. The second-order valence-electron chi connectivity index (χ2n) is 4.20. The van der Waals surface area contributed by atoms with Crippen LogP contribution in [0.4, 0.5) is 0 Å². The molecule has 16 heavy (non-hydrogen) atoms. The summed E-state index contributed by atoms with van der Waals surface area (Å²) in [4.78, 5) is 22.2. The fourth-order valence-electron chi connectivity index (χ4n) is 2.04. The first-order chi connectivity index (χ1) is 7.57. The van der Waals surface area contributed by atoms with Crippen LogP contribution in [0.2, 0.25) is 0 Å². The molecule has 0 aromatic carbocycles. The summed E-state index contributed by atoms with van der Waals surface area (Å²) in [6, 6.07) is 0. The molecule has 0 amide bonds. The van der Waals surface area contributed by atoms with Gasteiger partial charge in [0, 0.05) is 6.61 Å². The van der Waals surface area contributed by atoms with E-state index in [1.807, 2.05) is 0 Å². The van der Waals surface area contributed by atoms with E-state index in [2.05, 4.69) is 0 Å². The van der Waals surface area contributed by atoms with Gasteiger partial charge in [-0.05, 0) is 19.3 Å². The average molecular weight is 230 g/mol. The number of aliphatic carboxylic acids is 1. The van der Waals surface area contributed by atoms with Gasteiger partial charge >= 0.3 is 11.9 Å². The van der Waals surface area contributed by atoms with Crippen LogP contribution in [0.25, 0.3) is 0 Å². The van der Waals surface area contributed by atoms with Gasteiger partial charge in [0.2, 0.25) is 0 Å². The zero-order valence-electron chi connectivity index (χ0n) is 9.39. The molecule has 0 radical (unpaired) electrons. The number of hydrogen-bond acceptors (Lipinski definition) is 4. The monoisotopic (exact) mass is 230 g/mol. The standard InChI is InChI=1S/C11H18O5/c1-7-9(10(13)14)8(16-11(7)15)5-3-2-4-6-12/h7-9,12H,2-6H2,1H3,(H,13,14)/t7-,8-,9-/m1/s1. The van der Waals surface area contributed by atoms with Crippen LogP contribution in [0.1, 0.15) is 32.6 Å². The fraction of sp³-hybridized carbons (Fsp3) is 0.818. The van der Waals surface area contributed by atoms with Crippen molar-refractivity contribution < 1.29 is 24.5 Å². The molecule has 0 aromatic heterocycles. The molecule has 0 spiro atoms. The molecular formula is C11H18O5. The van der Waals surface area contributed by atoms with Gasteiger partial charge in [0.1, 0.15) is 12.0 Å².